The monoisotopic (exact) mass is 262 g/mol. The number of piperidine rings is 1. The average Bonchev–Trinajstić information content (AvgIpc) is 2.46. The molecule has 2 rings (SSSR count). The van der Waals surface area contributed by atoms with Gasteiger partial charge in [-0.05, 0) is 45.3 Å². The molecule has 0 unspecified atom stereocenters. The molecule has 0 aliphatic carbocycles. The van der Waals surface area contributed by atoms with Gasteiger partial charge in [-0.25, -0.2) is 4.98 Å². The van der Waals surface area contributed by atoms with Gasteiger partial charge >= 0.3 is 0 Å². The Labute approximate surface area is 114 Å². The van der Waals surface area contributed by atoms with Crippen LogP contribution in [0.1, 0.15) is 35.9 Å². The van der Waals surface area contributed by atoms with Gasteiger partial charge in [-0.2, -0.15) is 0 Å². The number of amides is 1. The van der Waals surface area contributed by atoms with Crippen molar-refractivity contribution in [2.24, 2.45) is 5.92 Å². The molecule has 1 fully saturated rings. The summed E-state index contributed by atoms with van der Waals surface area (Å²) in [5.41, 5.74) is 1.22. The molecule has 0 radical (unpaired) electrons. The van der Waals surface area contributed by atoms with E-state index in [2.05, 4.69) is 27.1 Å². The Balaban J connectivity index is 1.76. The number of likely N-dealkylation sites (tertiary alicyclic amines) is 1. The zero-order valence-corrected chi connectivity index (χ0v) is 11.7. The number of nitrogens with zero attached hydrogens (tertiary/aromatic N) is 3. The molecular weight excluding hydrogens is 240 g/mol. The summed E-state index contributed by atoms with van der Waals surface area (Å²) in [7, 11) is 0. The maximum absolute atomic E-state index is 11.9. The first kappa shape index (κ1) is 13.9. The quantitative estimate of drug-likeness (QED) is 0.887. The van der Waals surface area contributed by atoms with Gasteiger partial charge < -0.3 is 10.2 Å². The van der Waals surface area contributed by atoms with Gasteiger partial charge in [0.05, 0.1) is 11.9 Å². The van der Waals surface area contributed by atoms with Crippen LogP contribution in [0, 0.1) is 12.8 Å². The molecule has 104 valence electrons. The summed E-state index contributed by atoms with van der Waals surface area (Å²) in [4.78, 5) is 22.5. The number of hydrogen-bond donors (Lipinski definition) is 1. The first-order chi connectivity index (χ1) is 9.19. The molecule has 1 aliphatic heterocycles. The summed E-state index contributed by atoms with van der Waals surface area (Å²) >= 11 is 0. The van der Waals surface area contributed by atoms with Crippen LogP contribution in [0.15, 0.2) is 12.4 Å². The van der Waals surface area contributed by atoms with Crippen molar-refractivity contribution in [2.75, 3.05) is 26.2 Å². The molecule has 1 saturated heterocycles. The van der Waals surface area contributed by atoms with E-state index >= 15 is 0 Å². The van der Waals surface area contributed by atoms with Gasteiger partial charge in [-0.15, -0.1) is 0 Å². The van der Waals surface area contributed by atoms with Gasteiger partial charge in [0.15, 0.2) is 0 Å². The van der Waals surface area contributed by atoms with E-state index in [4.69, 9.17) is 0 Å². The van der Waals surface area contributed by atoms with Gasteiger partial charge in [-0.3, -0.25) is 9.78 Å². The average molecular weight is 262 g/mol. The van der Waals surface area contributed by atoms with Crippen molar-refractivity contribution in [3.05, 3.63) is 23.8 Å². The molecule has 1 N–H and O–H groups in total. The van der Waals surface area contributed by atoms with Crippen molar-refractivity contribution in [1.29, 1.82) is 0 Å². The van der Waals surface area contributed by atoms with E-state index in [9.17, 15) is 4.79 Å². The van der Waals surface area contributed by atoms with Crippen molar-refractivity contribution in [3.63, 3.8) is 0 Å². The van der Waals surface area contributed by atoms with E-state index in [1.165, 1.54) is 6.20 Å². The van der Waals surface area contributed by atoms with Crippen molar-refractivity contribution in [1.82, 2.24) is 20.2 Å². The highest BCUT2D eigenvalue weighted by Crippen LogP contribution is 2.15. The van der Waals surface area contributed by atoms with Crippen molar-refractivity contribution in [2.45, 2.75) is 26.7 Å². The molecule has 0 saturated carbocycles. The molecule has 5 nitrogen and oxygen atoms in total. The Morgan fingerprint density at radius 1 is 1.37 bits per heavy atom. The zero-order chi connectivity index (χ0) is 13.7. The second-order valence-electron chi connectivity index (χ2n) is 5.13. The molecule has 1 amide bonds. The number of aromatic nitrogens is 2. The Bertz CT molecular complexity index is 410. The van der Waals surface area contributed by atoms with Crippen LogP contribution < -0.4 is 5.32 Å². The van der Waals surface area contributed by atoms with Crippen LogP contribution in [0.4, 0.5) is 0 Å². The van der Waals surface area contributed by atoms with Crippen LogP contribution in [0.5, 0.6) is 0 Å². The van der Waals surface area contributed by atoms with Crippen molar-refractivity contribution >= 4 is 5.91 Å². The number of nitrogens with one attached hydrogen (secondary N) is 1. The summed E-state index contributed by atoms with van der Waals surface area (Å²) in [6.07, 6.45) is 5.47. The fourth-order valence-corrected chi connectivity index (χ4v) is 2.34. The van der Waals surface area contributed by atoms with Crippen LogP contribution in [0.3, 0.4) is 0 Å². The summed E-state index contributed by atoms with van der Waals surface area (Å²) < 4.78 is 0. The lowest BCUT2D eigenvalue weighted by Gasteiger charge is -2.30. The fourth-order valence-electron chi connectivity index (χ4n) is 2.34. The summed E-state index contributed by atoms with van der Waals surface area (Å²) in [5.74, 6) is 0.468. The molecule has 0 bridgehead atoms. The van der Waals surface area contributed by atoms with Gasteiger partial charge in [-0.1, -0.05) is 6.92 Å². The zero-order valence-electron chi connectivity index (χ0n) is 11.7. The predicted octanol–water partition coefficient (Wildman–Crippen LogP) is 1.25. The largest absolute Gasteiger partial charge is 0.350 e. The van der Waals surface area contributed by atoms with E-state index in [-0.39, 0.29) is 5.91 Å². The minimum atomic E-state index is -0.120. The summed E-state index contributed by atoms with van der Waals surface area (Å²) in [6.45, 7) is 8.20. The van der Waals surface area contributed by atoms with E-state index in [0.29, 0.717) is 11.6 Å². The second-order valence-corrected chi connectivity index (χ2v) is 5.13. The molecule has 1 aliphatic rings. The maximum atomic E-state index is 11.9. The topological polar surface area (TPSA) is 58.1 Å². The highest BCUT2D eigenvalue weighted by atomic mass is 16.1. The predicted molar refractivity (Wildman–Crippen MR) is 73.9 cm³/mol. The molecule has 1 aromatic heterocycles. The molecule has 2 heterocycles. The molecule has 0 aromatic carbocycles. The molecule has 0 spiro atoms. The highest BCUT2D eigenvalue weighted by Gasteiger charge is 2.19. The fraction of sp³-hybridized carbons (Fsp3) is 0.643. The first-order valence-corrected chi connectivity index (χ1v) is 6.98. The number of rotatable bonds is 4. The van der Waals surface area contributed by atoms with Crippen LogP contribution >= 0.6 is 0 Å². The lowest BCUT2D eigenvalue weighted by Crippen LogP contribution is -2.38. The summed E-state index contributed by atoms with van der Waals surface area (Å²) in [5, 5.41) is 2.96. The number of carbonyl (C=O) groups excluding carboxylic acids is 1. The Morgan fingerprint density at radius 3 is 2.68 bits per heavy atom. The maximum Gasteiger partial charge on any atom is 0.271 e. The van der Waals surface area contributed by atoms with E-state index < -0.39 is 0 Å². The van der Waals surface area contributed by atoms with Crippen molar-refractivity contribution < 1.29 is 4.79 Å². The van der Waals surface area contributed by atoms with E-state index in [1.807, 2.05) is 6.92 Å². The summed E-state index contributed by atoms with van der Waals surface area (Å²) in [6, 6.07) is 0. The standard InChI is InChI=1S/C14H22N4O/c1-3-18-6-4-12(5-7-18)9-17-14(19)13-10-15-11(2)8-16-13/h8,10,12H,3-7,9H2,1-2H3,(H,17,19). The van der Waals surface area contributed by atoms with Gasteiger partial charge in [0.25, 0.3) is 5.91 Å². The van der Waals surface area contributed by atoms with Crippen LogP contribution in [-0.2, 0) is 0 Å². The molecule has 5 heteroatoms. The van der Waals surface area contributed by atoms with Crippen LogP contribution in [0.2, 0.25) is 0 Å². The van der Waals surface area contributed by atoms with Crippen molar-refractivity contribution in [3.8, 4) is 0 Å². The Hall–Kier alpha value is -1.49. The van der Waals surface area contributed by atoms with Gasteiger partial charge in [0.1, 0.15) is 5.69 Å². The number of hydrogen-bond acceptors (Lipinski definition) is 4. The third-order valence-electron chi connectivity index (χ3n) is 3.72. The Morgan fingerprint density at radius 2 is 2.11 bits per heavy atom. The van der Waals surface area contributed by atoms with E-state index in [0.717, 1.165) is 44.7 Å². The third kappa shape index (κ3) is 3.99. The normalized spacial score (nSPS) is 17.4. The molecule has 1 aromatic rings. The van der Waals surface area contributed by atoms with Crippen LogP contribution in [0.25, 0.3) is 0 Å². The molecular formula is C14H22N4O. The van der Waals surface area contributed by atoms with Crippen LogP contribution in [-0.4, -0.2) is 47.0 Å². The molecule has 19 heavy (non-hydrogen) atoms. The smallest absolute Gasteiger partial charge is 0.271 e. The van der Waals surface area contributed by atoms with Gasteiger partial charge in [0.2, 0.25) is 0 Å². The molecule has 0 atom stereocenters. The number of carbonyl (C=O) groups is 1. The lowest BCUT2D eigenvalue weighted by molar-refractivity contribution is 0.0931. The Kier molecular flexibility index (Phi) is 4.85. The van der Waals surface area contributed by atoms with E-state index in [1.54, 1.807) is 6.20 Å². The van der Waals surface area contributed by atoms with Gasteiger partial charge in [0, 0.05) is 12.7 Å². The number of aryl methyl sites for hydroxylation is 1. The minimum Gasteiger partial charge on any atom is -0.350 e. The second kappa shape index (κ2) is 6.61. The third-order valence-corrected chi connectivity index (χ3v) is 3.72. The first-order valence-electron chi connectivity index (χ1n) is 6.98. The SMILES string of the molecule is CCN1CCC(CNC(=O)c2cnc(C)cn2)CC1. The minimum absolute atomic E-state index is 0.120. The lowest BCUT2D eigenvalue weighted by atomic mass is 9.97. The highest BCUT2D eigenvalue weighted by molar-refractivity contribution is 5.91.